The number of likely N-dealkylation sites (tertiary alicyclic amines) is 1. The number of carbonyl (C=O) groups excluding carboxylic acids is 1. The van der Waals surface area contributed by atoms with Gasteiger partial charge in [0, 0.05) is 31.2 Å². The van der Waals surface area contributed by atoms with Gasteiger partial charge in [0.15, 0.2) is 5.60 Å². The molecule has 1 aliphatic heterocycles. The van der Waals surface area contributed by atoms with Crippen LogP contribution in [0.5, 0.6) is 0 Å². The van der Waals surface area contributed by atoms with Crippen molar-refractivity contribution in [2.75, 3.05) is 26.7 Å². The quantitative estimate of drug-likeness (QED) is 0.530. The molecule has 2 unspecified atom stereocenters. The molecule has 1 aromatic carbocycles. The molecule has 2 aromatic rings. The first-order valence-corrected chi connectivity index (χ1v) is 11.2. The van der Waals surface area contributed by atoms with E-state index in [9.17, 15) is 9.90 Å². The highest BCUT2D eigenvalue weighted by Gasteiger charge is 2.48. The number of nitrogens with zero attached hydrogens (tertiary/aromatic N) is 2. The number of benzene rings is 1. The maximum atomic E-state index is 13.3. The minimum absolute atomic E-state index is 0.0796. The van der Waals surface area contributed by atoms with E-state index in [4.69, 9.17) is 9.26 Å². The molecule has 0 amide bonds. The molecular weight excluding hydrogens is 380 g/mol. The summed E-state index contributed by atoms with van der Waals surface area (Å²) in [4.78, 5) is 13.3. The minimum Gasteiger partial charge on any atom is -0.457 e. The van der Waals surface area contributed by atoms with Crippen LogP contribution < -0.4 is 0 Å². The Bertz CT molecular complexity index is 819. The van der Waals surface area contributed by atoms with Gasteiger partial charge in [-0.2, -0.15) is 0 Å². The first kappa shape index (κ1) is 21.1. The Hall–Kier alpha value is -2.18. The predicted molar refractivity (Wildman–Crippen MR) is 112 cm³/mol. The largest absolute Gasteiger partial charge is 0.457 e. The molecule has 4 rings (SSSR count). The maximum absolute atomic E-state index is 13.3. The number of ether oxygens (including phenoxy) is 1. The second-order valence-corrected chi connectivity index (χ2v) is 9.18. The highest BCUT2D eigenvalue weighted by molar-refractivity contribution is 5.81. The van der Waals surface area contributed by atoms with Gasteiger partial charge in [0.25, 0.3) is 0 Å². The van der Waals surface area contributed by atoms with Gasteiger partial charge < -0.3 is 18.8 Å². The Morgan fingerprint density at radius 1 is 1.20 bits per heavy atom. The van der Waals surface area contributed by atoms with E-state index in [1.165, 1.54) is 0 Å². The zero-order valence-corrected chi connectivity index (χ0v) is 17.8. The smallest absolute Gasteiger partial charge is 0.343 e. The molecule has 1 aromatic heterocycles. The SMILES string of the molecule is C[N+]1(CCc2ccon2)CCC[C@@H]1COC(=O)C(O)(c1ccccc1)C1CCCC1. The summed E-state index contributed by atoms with van der Waals surface area (Å²) in [7, 11) is 2.23. The van der Waals surface area contributed by atoms with E-state index in [1.807, 2.05) is 36.4 Å². The standard InChI is InChI=1S/C24H33N2O4/c1-26(16-13-21-14-17-30-25-21)15-7-12-22(26)18-29-23(27)24(28,20-10-5-6-11-20)19-8-3-2-4-9-19/h2-4,8-9,14,17,20,22,28H,5-7,10-13,15-16,18H2,1H3/q+1/t22-,24?,26?/m1/s1. The summed E-state index contributed by atoms with van der Waals surface area (Å²) < 4.78 is 11.6. The van der Waals surface area contributed by atoms with Gasteiger partial charge in [0.05, 0.1) is 25.8 Å². The average Bonchev–Trinajstić information content (AvgIpc) is 3.53. The summed E-state index contributed by atoms with van der Waals surface area (Å²) in [6.45, 7) is 2.34. The Balaban J connectivity index is 1.43. The molecule has 1 saturated heterocycles. The Morgan fingerprint density at radius 3 is 2.67 bits per heavy atom. The third-order valence-electron chi connectivity index (χ3n) is 7.34. The van der Waals surface area contributed by atoms with Crippen molar-refractivity contribution in [2.45, 2.75) is 56.6 Å². The number of rotatable bonds is 8. The van der Waals surface area contributed by atoms with Crippen molar-refractivity contribution in [1.29, 1.82) is 0 Å². The van der Waals surface area contributed by atoms with E-state index >= 15 is 0 Å². The molecular formula is C24H33N2O4+. The number of hydrogen-bond donors (Lipinski definition) is 1. The van der Waals surface area contributed by atoms with Crippen molar-refractivity contribution in [1.82, 2.24) is 5.16 Å². The predicted octanol–water partition coefficient (Wildman–Crippen LogP) is 3.45. The van der Waals surface area contributed by atoms with Crippen LogP contribution >= 0.6 is 0 Å². The fourth-order valence-corrected chi connectivity index (χ4v) is 5.31. The first-order chi connectivity index (χ1) is 14.5. The molecule has 0 bridgehead atoms. The molecule has 30 heavy (non-hydrogen) atoms. The summed E-state index contributed by atoms with van der Waals surface area (Å²) in [6, 6.07) is 11.5. The summed E-state index contributed by atoms with van der Waals surface area (Å²) in [5, 5.41) is 15.6. The van der Waals surface area contributed by atoms with Crippen molar-refractivity contribution in [2.24, 2.45) is 5.92 Å². The van der Waals surface area contributed by atoms with Crippen LogP contribution in [0.4, 0.5) is 0 Å². The van der Waals surface area contributed by atoms with Crippen LogP contribution in [0.25, 0.3) is 0 Å². The number of aliphatic hydroxyl groups is 1. The molecule has 6 heteroatoms. The Morgan fingerprint density at radius 2 is 1.97 bits per heavy atom. The lowest BCUT2D eigenvalue weighted by atomic mass is 9.80. The zero-order chi connectivity index (χ0) is 21.0. The zero-order valence-electron chi connectivity index (χ0n) is 17.8. The summed E-state index contributed by atoms with van der Waals surface area (Å²) in [5.74, 6) is -0.570. The van der Waals surface area contributed by atoms with E-state index < -0.39 is 11.6 Å². The molecule has 0 radical (unpaired) electrons. The van der Waals surface area contributed by atoms with Gasteiger partial charge in [-0.1, -0.05) is 48.3 Å². The Labute approximate surface area is 178 Å². The molecule has 1 saturated carbocycles. The van der Waals surface area contributed by atoms with Gasteiger partial charge in [0.2, 0.25) is 0 Å². The molecule has 0 spiro atoms. The van der Waals surface area contributed by atoms with E-state index in [0.717, 1.165) is 68.2 Å². The Kier molecular flexibility index (Phi) is 6.25. The van der Waals surface area contributed by atoms with Crippen molar-refractivity contribution in [3.63, 3.8) is 0 Å². The third-order valence-corrected chi connectivity index (χ3v) is 7.34. The number of aromatic nitrogens is 1. The van der Waals surface area contributed by atoms with Crippen LogP contribution in [0.15, 0.2) is 47.2 Å². The molecule has 6 nitrogen and oxygen atoms in total. The number of quaternary nitrogens is 1. The monoisotopic (exact) mass is 413 g/mol. The number of likely N-dealkylation sites (N-methyl/N-ethyl adjacent to an activating group) is 1. The molecule has 1 aliphatic carbocycles. The average molecular weight is 414 g/mol. The summed E-state index contributed by atoms with van der Waals surface area (Å²) in [6.07, 6.45) is 8.39. The highest BCUT2D eigenvalue weighted by atomic mass is 16.6. The topological polar surface area (TPSA) is 72.6 Å². The van der Waals surface area contributed by atoms with Crippen LogP contribution in [0.2, 0.25) is 0 Å². The number of esters is 1. The second-order valence-electron chi connectivity index (χ2n) is 9.18. The van der Waals surface area contributed by atoms with Crippen molar-refractivity contribution in [3.8, 4) is 0 Å². The molecule has 2 heterocycles. The van der Waals surface area contributed by atoms with Gasteiger partial charge in [0.1, 0.15) is 18.9 Å². The highest BCUT2D eigenvalue weighted by Crippen LogP contribution is 2.41. The van der Waals surface area contributed by atoms with E-state index in [-0.39, 0.29) is 12.0 Å². The van der Waals surface area contributed by atoms with Crippen molar-refractivity contribution >= 4 is 5.97 Å². The fourth-order valence-electron chi connectivity index (χ4n) is 5.31. The molecule has 2 aliphatic rings. The summed E-state index contributed by atoms with van der Waals surface area (Å²) in [5.41, 5.74) is 0.0498. The van der Waals surface area contributed by atoms with Crippen LogP contribution in [0.1, 0.15) is 49.8 Å². The van der Waals surface area contributed by atoms with Gasteiger partial charge in [-0.3, -0.25) is 0 Å². The molecule has 162 valence electrons. The lowest BCUT2D eigenvalue weighted by Crippen LogP contribution is -2.52. The van der Waals surface area contributed by atoms with Gasteiger partial charge in [-0.05, 0) is 18.4 Å². The molecule has 3 atom stereocenters. The van der Waals surface area contributed by atoms with Gasteiger partial charge in [-0.25, -0.2) is 4.79 Å². The van der Waals surface area contributed by atoms with Crippen molar-refractivity contribution < 1.29 is 23.6 Å². The lowest BCUT2D eigenvalue weighted by molar-refractivity contribution is -0.921. The van der Waals surface area contributed by atoms with E-state index in [2.05, 4.69) is 12.2 Å². The van der Waals surface area contributed by atoms with Crippen molar-refractivity contribution in [3.05, 3.63) is 53.9 Å². The van der Waals surface area contributed by atoms with Crippen LogP contribution in [-0.4, -0.2) is 53.5 Å². The van der Waals surface area contributed by atoms with Crippen LogP contribution in [-0.2, 0) is 21.6 Å². The van der Waals surface area contributed by atoms with Crippen LogP contribution in [0, 0.1) is 5.92 Å². The fraction of sp³-hybridized carbons (Fsp3) is 0.583. The number of carbonyl (C=O) groups is 1. The third kappa shape index (κ3) is 4.16. The van der Waals surface area contributed by atoms with Crippen LogP contribution in [0.3, 0.4) is 0 Å². The van der Waals surface area contributed by atoms with Gasteiger partial charge >= 0.3 is 5.97 Å². The summed E-state index contributed by atoms with van der Waals surface area (Å²) >= 11 is 0. The molecule has 2 fully saturated rings. The van der Waals surface area contributed by atoms with E-state index in [1.54, 1.807) is 6.26 Å². The minimum atomic E-state index is -1.56. The first-order valence-electron chi connectivity index (χ1n) is 11.2. The van der Waals surface area contributed by atoms with E-state index in [0.29, 0.717) is 12.2 Å². The molecule has 1 N–H and O–H groups in total. The number of hydrogen-bond acceptors (Lipinski definition) is 5. The van der Waals surface area contributed by atoms with Gasteiger partial charge in [-0.15, -0.1) is 0 Å². The lowest BCUT2D eigenvalue weighted by Gasteiger charge is -2.37. The second kappa shape index (κ2) is 8.90. The maximum Gasteiger partial charge on any atom is 0.343 e. The normalized spacial score (nSPS) is 26.5.